The smallest absolute Gasteiger partial charge is 0.329 e. The van der Waals surface area contributed by atoms with Gasteiger partial charge in [-0.05, 0) is 37.6 Å². The molecule has 0 aliphatic carbocycles. The number of carboxylic acids is 1. The number of benzene rings is 1. The van der Waals surface area contributed by atoms with Crippen LogP contribution in [0.25, 0.3) is 0 Å². The summed E-state index contributed by atoms with van der Waals surface area (Å²) in [5.41, 5.74) is -0.460. The van der Waals surface area contributed by atoms with Gasteiger partial charge in [0.1, 0.15) is 5.54 Å². The summed E-state index contributed by atoms with van der Waals surface area (Å²) in [6.45, 7) is 5.12. The van der Waals surface area contributed by atoms with Crippen LogP contribution in [-0.2, 0) is 14.6 Å². The second-order valence-electron chi connectivity index (χ2n) is 4.94. The number of aliphatic carboxylic acids is 1. The van der Waals surface area contributed by atoms with Gasteiger partial charge in [0.25, 0.3) is 0 Å². The highest BCUT2D eigenvalue weighted by Gasteiger charge is 2.31. The van der Waals surface area contributed by atoms with E-state index in [0.29, 0.717) is 12.1 Å². The molecule has 1 unspecified atom stereocenters. The van der Waals surface area contributed by atoms with Crippen LogP contribution in [0.15, 0.2) is 29.2 Å². The van der Waals surface area contributed by atoms with Crippen LogP contribution >= 0.6 is 0 Å². The SMILES string of the molecule is CCCC(C)(Nc1ccc(S(=O)(=O)CC)cc1)C(=O)O. The molecule has 0 aliphatic rings. The van der Waals surface area contributed by atoms with E-state index in [4.69, 9.17) is 0 Å². The van der Waals surface area contributed by atoms with Crippen molar-refractivity contribution in [3.8, 4) is 0 Å². The zero-order chi connectivity index (χ0) is 15.4. The minimum absolute atomic E-state index is 0.0441. The molecule has 0 saturated carbocycles. The standard InChI is InChI=1S/C14H21NO4S/c1-4-10-14(3,13(16)17)15-11-6-8-12(9-7-11)20(18,19)5-2/h6-9,15H,4-5,10H2,1-3H3,(H,16,17). The third kappa shape index (κ3) is 3.72. The number of anilines is 1. The van der Waals surface area contributed by atoms with Crippen molar-refractivity contribution >= 4 is 21.5 Å². The minimum Gasteiger partial charge on any atom is -0.480 e. The van der Waals surface area contributed by atoms with Gasteiger partial charge in [0.15, 0.2) is 9.84 Å². The molecule has 0 fully saturated rings. The molecule has 0 amide bonds. The lowest BCUT2D eigenvalue weighted by molar-refractivity contribution is -0.141. The highest BCUT2D eigenvalue weighted by molar-refractivity contribution is 7.91. The van der Waals surface area contributed by atoms with Gasteiger partial charge in [0, 0.05) is 5.69 Å². The van der Waals surface area contributed by atoms with Gasteiger partial charge in [-0.2, -0.15) is 0 Å². The highest BCUT2D eigenvalue weighted by Crippen LogP contribution is 2.22. The largest absolute Gasteiger partial charge is 0.480 e. The monoisotopic (exact) mass is 299 g/mol. The fourth-order valence-electron chi connectivity index (χ4n) is 1.95. The van der Waals surface area contributed by atoms with Crippen molar-refractivity contribution in [3.63, 3.8) is 0 Å². The normalized spacial score (nSPS) is 14.6. The molecule has 20 heavy (non-hydrogen) atoms. The van der Waals surface area contributed by atoms with Crippen LogP contribution in [-0.4, -0.2) is 30.8 Å². The predicted molar refractivity (Wildman–Crippen MR) is 78.7 cm³/mol. The summed E-state index contributed by atoms with van der Waals surface area (Å²) in [5.74, 6) is -0.882. The van der Waals surface area contributed by atoms with Gasteiger partial charge >= 0.3 is 5.97 Å². The van der Waals surface area contributed by atoms with Crippen molar-refractivity contribution in [2.24, 2.45) is 0 Å². The van der Waals surface area contributed by atoms with E-state index in [1.165, 1.54) is 12.1 Å². The first kappa shape index (κ1) is 16.5. The molecule has 0 radical (unpaired) electrons. The second-order valence-corrected chi connectivity index (χ2v) is 7.22. The fraction of sp³-hybridized carbons (Fsp3) is 0.500. The summed E-state index contributed by atoms with van der Waals surface area (Å²) in [6, 6.07) is 6.18. The minimum atomic E-state index is -3.23. The van der Waals surface area contributed by atoms with Gasteiger partial charge in [-0.25, -0.2) is 13.2 Å². The molecule has 0 spiro atoms. The summed E-state index contributed by atoms with van der Waals surface area (Å²) in [4.78, 5) is 11.6. The molecule has 1 rings (SSSR count). The van der Waals surface area contributed by atoms with E-state index in [-0.39, 0.29) is 10.6 Å². The van der Waals surface area contributed by atoms with Crippen LogP contribution in [0.2, 0.25) is 0 Å². The number of nitrogens with one attached hydrogen (secondary N) is 1. The van der Waals surface area contributed by atoms with Crippen molar-refractivity contribution in [3.05, 3.63) is 24.3 Å². The first-order chi connectivity index (χ1) is 9.25. The molecule has 112 valence electrons. The number of sulfone groups is 1. The van der Waals surface area contributed by atoms with Crippen LogP contribution < -0.4 is 5.32 Å². The summed E-state index contributed by atoms with van der Waals surface area (Å²) >= 11 is 0. The zero-order valence-corrected chi connectivity index (χ0v) is 12.8. The molecule has 0 saturated heterocycles. The van der Waals surface area contributed by atoms with Crippen molar-refractivity contribution in [2.75, 3.05) is 11.1 Å². The summed E-state index contributed by atoms with van der Waals surface area (Å²) in [7, 11) is -3.23. The number of carboxylic acid groups (broad SMARTS) is 1. The van der Waals surface area contributed by atoms with Crippen LogP contribution in [0.1, 0.15) is 33.6 Å². The third-order valence-corrected chi connectivity index (χ3v) is 4.99. The van der Waals surface area contributed by atoms with Gasteiger partial charge < -0.3 is 10.4 Å². The maximum atomic E-state index is 11.7. The molecule has 1 aromatic rings. The first-order valence-corrected chi connectivity index (χ1v) is 8.25. The summed E-state index contributed by atoms with van der Waals surface area (Å²) in [5, 5.41) is 12.2. The number of hydrogen-bond donors (Lipinski definition) is 2. The van der Waals surface area contributed by atoms with Crippen LogP contribution in [0.3, 0.4) is 0 Å². The van der Waals surface area contributed by atoms with Crippen molar-refractivity contribution < 1.29 is 18.3 Å². The first-order valence-electron chi connectivity index (χ1n) is 6.59. The van der Waals surface area contributed by atoms with E-state index >= 15 is 0 Å². The van der Waals surface area contributed by atoms with Gasteiger partial charge in [-0.1, -0.05) is 20.3 Å². The van der Waals surface area contributed by atoms with E-state index in [1.54, 1.807) is 26.0 Å². The maximum Gasteiger partial charge on any atom is 0.329 e. The molecule has 1 atom stereocenters. The molecule has 6 heteroatoms. The predicted octanol–water partition coefficient (Wildman–Crippen LogP) is 2.54. The van der Waals surface area contributed by atoms with Crippen LogP contribution in [0, 0.1) is 0 Å². The number of hydrogen-bond acceptors (Lipinski definition) is 4. The Labute approximate surface area is 119 Å². The molecular formula is C14H21NO4S. The fourth-order valence-corrected chi connectivity index (χ4v) is 2.84. The van der Waals surface area contributed by atoms with Gasteiger partial charge in [0.05, 0.1) is 10.6 Å². The number of carbonyl (C=O) groups is 1. The lowest BCUT2D eigenvalue weighted by atomic mass is 9.96. The van der Waals surface area contributed by atoms with Gasteiger partial charge in [-0.3, -0.25) is 0 Å². The Bertz CT molecular complexity index is 565. The third-order valence-electron chi connectivity index (χ3n) is 3.24. The molecule has 1 aromatic carbocycles. The lowest BCUT2D eigenvalue weighted by Gasteiger charge is -2.27. The van der Waals surface area contributed by atoms with Crippen molar-refractivity contribution in [2.45, 2.75) is 44.0 Å². The maximum absolute atomic E-state index is 11.7. The average Bonchev–Trinajstić information content (AvgIpc) is 2.39. The topological polar surface area (TPSA) is 83.5 Å². The molecule has 0 aliphatic heterocycles. The average molecular weight is 299 g/mol. The molecule has 5 nitrogen and oxygen atoms in total. The molecule has 0 heterocycles. The lowest BCUT2D eigenvalue weighted by Crippen LogP contribution is -2.43. The van der Waals surface area contributed by atoms with E-state index in [0.717, 1.165) is 6.42 Å². The molecule has 0 bridgehead atoms. The van der Waals surface area contributed by atoms with Crippen LogP contribution in [0.5, 0.6) is 0 Å². The molecule has 2 N–H and O–H groups in total. The van der Waals surface area contributed by atoms with Gasteiger partial charge in [-0.15, -0.1) is 0 Å². The van der Waals surface area contributed by atoms with E-state index in [1.807, 2.05) is 6.92 Å². The number of rotatable bonds is 7. The summed E-state index contributed by atoms with van der Waals surface area (Å²) in [6.07, 6.45) is 1.22. The van der Waals surface area contributed by atoms with E-state index < -0.39 is 21.3 Å². The summed E-state index contributed by atoms with van der Waals surface area (Å²) < 4.78 is 23.4. The quantitative estimate of drug-likeness (QED) is 0.808. The highest BCUT2D eigenvalue weighted by atomic mass is 32.2. The van der Waals surface area contributed by atoms with E-state index in [9.17, 15) is 18.3 Å². The van der Waals surface area contributed by atoms with E-state index in [2.05, 4.69) is 5.32 Å². The Morgan fingerprint density at radius 3 is 2.20 bits per heavy atom. The molecular weight excluding hydrogens is 278 g/mol. The Morgan fingerprint density at radius 2 is 1.80 bits per heavy atom. The Balaban J connectivity index is 2.97. The zero-order valence-electron chi connectivity index (χ0n) is 12.0. The van der Waals surface area contributed by atoms with Gasteiger partial charge in [0.2, 0.25) is 0 Å². The molecule has 0 aromatic heterocycles. The Hall–Kier alpha value is -1.56. The Morgan fingerprint density at radius 1 is 1.25 bits per heavy atom. The van der Waals surface area contributed by atoms with Crippen molar-refractivity contribution in [1.82, 2.24) is 0 Å². The van der Waals surface area contributed by atoms with Crippen LogP contribution in [0.4, 0.5) is 5.69 Å². The Kier molecular flexibility index (Phi) is 5.16. The van der Waals surface area contributed by atoms with Crippen molar-refractivity contribution in [1.29, 1.82) is 0 Å². The second kappa shape index (κ2) is 6.26.